The third-order valence-corrected chi connectivity index (χ3v) is 2.15. The fourth-order valence-corrected chi connectivity index (χ4v) is 1.52. The molecule has 1 saturated heterocycles. The van der Waals surface area contributed by atoms with Gasteiger partial charge in [-0.25, -0.2) is 0 Å². The van der Waals surface area contributed by atoms with Gasteiger partial charge in [-0.3, -0.25) is 19.7 Å². The first-order chi connectivity index (χ1) is 6.49. The quantitative estimate of drug-likeness (QED) is 0.651. The van der Waals surface area contributed by atoms with Gasteiger partial charge < -0.3 is 5.32 Å². The maximum absolute atomic E-state index is 11.2. The summed E-state index contributed by atoms with van der Waals surface area (Å²) in [4.78, 5) is 33.0. The van der Waals surface area contributed by atoms with Gasteiger partial charge in [-0.2, -0.15) is 0 Å². The minimum atomic E-state index is -0.515. The van der Waals surface area contributed by atoms with Gasteiger partial charge in [-0.15, -0.1) is 0 Å². The van der Waals surface area contributed by atoms with Gasteiger partial charge in [0.2, 0.25) is 5.91 Å². The van der Waals surface area contributed by atoms with Gasteiger partial charge in [-0.05, 0) is 25.6 Å². The number of hydrogen-bond acceptors (Lipinski definition) is 4. The summed E-state index contributed by atoms with van der Waals surface area (Å²) in [5, 5.41) is 4.20. The van der Waals surface area contributed by atoms with Crippen LogP contribution in [0.1, 0.15) is 13.8 Å². The summed E-state index contributed by atoms with van der Waals surface area (Å²) >= 11 is 0.730. The first kappa shape index (κ1) is 10.8. The lowest BCUT2D eigenvalue weighted by atomic mass is 10.3. The van der Waals surface area contributed by atoms with Crippen LogP contribution in [-0.2, 0) is 9.59 Å². The standard InChI is InChI=1S/C8H10N2O3S/c1-4(2)9-6(11)3-5-7(12)10-8(13)14-5/h3-4H,1-2H3,(H,9,11)(H,10,12,13)/b5-3-. The topological polar surface area (TPSA) is 75.3 Å². The van der Waals surface area contributed by atoms with Gasteiger partial charge in [0.1, 0.15) is 0 Å². The smallest absolute Gasteiger partial charge is 0.290 e. The summed E-state index contributed by atoms with van der Waals surface area (Å²) in [6, 6.07) is 0.00418. The van der Waals surface area contributed by atoms with Crippen molar-refractivity contribution >= 4 is 28.8 Å². The number of carbonyl (C=O) groups excluding carboxylic acids is 3. The molecule has 1 aliphatic rings. The zero-order valence-corrected chi connectivity index (χ0v) is 8.60. The Hall–Kier alpha value is -1.30. The van der Waals surface area contributed by atoms with Gasteiger partial charge in [0.25, 0.3) is 11.1 Å². The lowest BCUT2D eigenvalue weighted by molar-refractivity contribution is -0.118. The number of imide groups is 1. The molecule has 1 aliphatic heterocycles. The summed E-state index contributed by atoms with van der Waals surface area (Å²) in [5.41, 5.74) is 0. The van der Waals surface area contributed by atoms with E-state index in [2.05, 4.69) is 10.6 Å². The minimum absolute atomic E-state index is 0.00418. The van der Waals surface area contributed by atoms with Crippen molar-refractivity contribution in [3.63, 3.8) is 0 Å². The Balaban J connectivity index is 2.64. The molecule has 1 fully saturated rings. The van der Waals surface area contributed by atoms with Crippen molar-refractivity contribution in [1.82, 2.24) is 10.6 Å². The van der Waals surface area contributed by atoms with Crippen molar-refractivity contribution in [2.24, 2.45) is 0 Å². The highest BCUT2D eigenvalue weighted by atomic mass is 32.2. The van der Waals surface area contributed by atoms with Crippen LogP contribution in [0, 0.1) is 0 Å². The lowest BCUT2D eigenvalue weighted by Crippen LogP contribution is -2.29. The van der Waals surface area contributed by atoms with Gasteiger partial charge in [0.05, 0.1) is 4.91 Å². The Morgan fingerprint density at radius 3 is 2.57 bits per heavy atom. The van der Waals surface area contributed by atoms with Crippen molar-refractivity contribution < 1.29 is 14.4 Å². The number of amides is 3. The van der Waals surface area contributed by atoms with E-state index in [1.807, 2.05) is 13.8 Å². The maximum atomic E-state index is 11.2. The summed E-state index contributed by atoms with van der Waals surface area (Å²) in [6.07, 6.45) is 1.13. The Bertz CT molecular complexity index is 323. The van der Waals surface area contributed by atoms with E-state index in [1.165, 1.54) is 0 Å². The molecule has 0 aromatic carbocycles. The third-order valence-electron chi connectivity index (χ3n) is 1.34. The Morgan fingerprint density at radius 1 is 1.50 bits per heavy atom. The van der Waals surface area contributed by atoms with E-state index >= 15 is 0 Å². The van der Waals surface area contributed by atoms with Crippen LogP contribution in [0.15, 0.2) is 11.0 Å². The molecule has 0 aromatic heterocycles. The summed E-state index contributed by atoms with van der Waals surface area (Å²) < 4.78 is 0. The highest BCUT2D eigenvalue weighted by Gasteiger charge is 2.25. The van der Waals surface area contributed by atoms with Gasteiger partial charge in [-0.1, -0.05) is 0 Å². The Morgan fingerprint density at radius 2 is 2.14 bits per heavy atom. The van der Waals surface area contributed by atoms with Crippen molar-refractivity contribution in [3.05, 3.63) is 11.0 Å². The van der Waals surface area contributed by atoms with Crippen LogP contribution in [0.3, 0.4) is 0 Å². The predicted molar refractivity (Wildman–Crippen MR) is 52.5 cm³/mol. The van der Waals surface area contributed by atoms with Gasteiger partial charge in [0, 0.05) is 12.1 Å². The van der Waals surface area contributed by atoms with Crippen molar-refractivity contribution in [2.75, 3.05) is 0 Å². The summed E-state index contributed by atoms with van der Waals surface area (Å²) in [6.45, 7) is 3.62. The molecule has 1 rings (SSSR count). The number of carbonyl (C=O) groups is 3. The molecule has 1 heterocycles. The van der Waals surface area contributed by atoms with Crippen LogP contribution < -0.4 is 10.6 Å². The van der Waals surface area contributed by atoms with E-state index < -0.39 is 11.1 Å². The van der Waals surface area contributed by atoms with E-state index in [4.69, 9.17) is 0 Å². The number of rotatable bonds is 2. The summed E-state index contributed by atoms with van der Waals surface area (Å²) in [5.74, 6) is -0.883. The highest BCUT2D eigenvalue weighted by Crippen LogP contribution is 2.22. The molecule has 76 valence electrons. The average molecular weight is 214 g/mol. The molecule has 0 saturated carbocycles. The highest BCUT2D eigenvalue weighted by molar-refractivity contribution is 8.18. The Kier molecular flexibility index (Phi) is 3.29. The number of hydrogen-bond donors (Lipinski definition) is 2. The first-order valence-electron chi connectivity index (χ1n) is 4.04. The number of thioether (sulfide) groups is 1. The molecule has 0 unspecified atom stereocenters. The van der Waals surface area contributed by atoms with Crippen LogP contribution in [0.5, 0.6) is 0 Å². The van der Waals surface area contributed by atoms with Crippen LogP contribution in [0.4, 0.5) is 4.79 Å². The molecule has 14 heavy (non-hydrogen) atoms. The third kappa shape index (κ3) is 2.88. The molecule has 0 aromatic rings. The molecule has 0 bridgehead atoms. The zero-order chi connectivity index (χ0) is 10.7. The molecule has 0 radical (unpaired) electrons. The Labute approximate surface area is 85.3 Å². The van der Waals surface area contributed by atoms with Crippen molar-refractivity contribution in [2.45, 2.75) is 19.9 Å². The van der Waals surface area contributed by atoms with E-state index in [0.29, 0.717) is 0 Å². The molecule has 0 spiro atoms. The SMILES string of the molecule is CC(C)NC(=O)/C=C1\SC(=O)NC1=O. The van der Waals surface area contributed by atoms with Crippen molar-refractivity contribution in [1.29, 1.82) is 0 Å². The second-order valence-electron chi connectivity index (χ2n) is 3.02. The summed E-state index contributed by atoms with van der Waals surface area (Å²) in [7, 11) is 0. The average Bonchev–Trinajstić information content (AvgIpc) is 2.28. The van der Waals surface area contributed by atoms with E-state index in [-0.39, 0.29) is 16.9 Å². The molecule has 5 nitrogen and oxygen atoms in total. The fraction of sp³-hybridized carbons (Fsp3) is 0.375. The maximum Gasteiger partial charge on any atom is 0.290 e. The molecular formula is C8H10N2O3S. The van der Waals surface area contributed by atoms with Crippen molar-refractivity contribution in [3.8, 4) is 0 Å². The monoisotopic (exact) mass is 214 g/mol. The molecule has 6 heteroatoms. The number of nitrogens with one attached hydrogen (secondary N) is 2. The minimum Gasteiger partial charge on any atom is -0.350 e. The second-order valence-corrected chi connectivity index (χ2v) is 4.03. The molecule has 3 amide bonds. The van der Waals surface area contributed by atoms with Crippen LogP contribution >= 0.6 is 11.8 Å². The zero-order valence-electron chi connectivity index (χ0n) is 7.79. The fourth-order valence-electron chi connectivity index (χ4n) is 0.866. The molecule has 0 aliphatic carbocycles. The first-order valence-corrected chi connectivity index (χ1v) is 4.86. The van der Waals surface area contributed by atoms with E-state index in [1.54, 1.807) is 0 Å². The normalized spacial score (nSPS) is 18.9. The van der Waals surface area contributed by atoms with Crippen LogP contribution in [0.25, 0.3) is 0 Å². The van der Waals surface area contributed by atoms with Crippen LogP contribution in [0.2, 0.25) is 0 Å². The van der Waals surface area contributed by atoms with E-state index in [9.17, 15) is 14.4 Å². The largest absolute Gasteiger partial charge is 0.350 e. The van der Waals surface area contributed by atoms with E-state index in [0.717, 1.165) is 17.8 Å². The predicted octanol–water partition coefficient (Wildman–Crippen LogP) is 0.378. The molecule has 2 N–H and O–H groups in total. The van der Waals surface area contributed by atoms with Gasteiger partial charge in [0.15, 0.2) is 0 Å². The molecular weight excluding hydrogens is 204 g/mol. The second kappa shape index (κ2) is 4.28. The van der Waals surface area contributed by atoms with Gasteiger partial charge >= 0.3 is 0 Å². The van der Waals surface area contributed by atoms with Crippen LogP contribution in [-0.4, -0.2) is 23.1 Å². The molecule has 0 atom stereocenters. The lowest BCUT2D eigenvalue weighted by Gasteiger charge is -2.04.